The quantitative estimate of drug-likeness (QED) is 0.593. The van der Waals surface area contributed by atoms with E-state index in [2.05, 4.69) is 22.5 Å². The van der Waals surface area contributed by atoms with Crippen molar-refractivity contribution >= 4 is 33.2 Å². The van der Waals surface area contributed by atoms with E-state index >= 15 is 0 Å². The number of ether oxygens (including phenoxy) is 1. The Labute approximate surface area is 83.0 Å². The van der Waals surface area contributed by atoms with Crippen LogP contribution in [0.1, 0.15) is 4.88 Å². The molecule has 0 fully saturated rings. The Morgan fingerprint density at radius 1 is 1.83 bits per heavy atom. The fourth-order valence-corrected chi connectivity index (χ4v) is 2.28. The van der Waals surface area contributed by atoms with Crippen LogP contribution in [0.3, 0.4) is 0 Å². The van der Waals surface area contributed by atoms with E-state index in [1.54, 1.807) is 6.07 Å². The fraction of sp³-hybridized carbons (Fsp3) is 0.125. The SMILES string of the molecule is C=CC(=O)Oc1cc(Br)sc1C. The molecule has 0 aliphatic rings. The van der Waals surface area contributed by atoms with Gasteiger partial charge >= 0.3 is 5.97 Å². The van der Waals surface area contributed by atoms with Gasteiger partial charge < -0.3 is 4.74 Å². The first kappa shape index (κ1) is 9.48. The van der Waals surface area contributed by atoms with Gasteiger partial charge in [-0.15, -0.1) is 11.3 Å². The lowest BCUT2D eigenvalue weighted by molar-refractivity contribution is -0.128. The lowest BCUT2D eigenvalue weighted by Gasteiger charge is -1.97. The summed E-state index contributed by atoms with van der Waals surface area (Å²) in [4.78, 5) is 11.8. The van der Waals surface area contributed by atoms with E-state index in [0.717, 1.165) is 14.7 Å². The van der Waals surface area contributed by atoms with Gasteiger partial charge in [0.15, 0.2) is 0 Å². The van der Waals surface area contributed by atoms with Crippen LogP contribution in [-0.2, 0) is 4.79 Å². The molecule has 4 heteroatoms. The van der Waals surface area contributed by atoms with E-state index in [1.807, 2.05) is 6.92 Å². The standard InChI is InChI=1S/C8H7BrO2S/c1-3-8(10)11-6-4-7(9)12-5(6)2/h3-4H,1H2,2H3. The first-order valence-corrected chi connectivity index (χ1v) is 4.84. The second-order valence-electron chi connectivity index (χ2n) is 2.10. The molecule has 0 unspecified atom stereocenters. The number of rotatable bonds is 2. The average Bonchev–Trinajstić information content (AvgIpc) is 2.30. The third-order valence-electron chi connectivity index (χ3n) is 1.22. The molecule has 1 aromatic heterocycles. The summed E-state index contributed by atoms with van der Waals surface area (Å²) >= 11 is 4.82. The number of thiophene rings is 1. The fourth-order valence-electron chi connectivity index (χ4n) is 0.682. The average molecular weight is 247 g/mol. The molecule has 0 aliphatic carbocycles. The molecule has 0 aliphatic heterocycles. The van der Waals surface area contributed by atoms with Gasteiger partial charge in [-0.1, -0.05) is 6.58 Å². The van der Waals surface area contributed by atoms with Crippen LogP contribution in [0, 0.1) is 6.92 Å². The number of carbonyl (C=O) groups is 1. The molecule has 1 heterocycles. The maximum atomic E-state index is 10.8. The van der Waals surface area contributed by atoms with Gasteiger partial charge in [0.05, 0.1) is 3.79 Å². The molecule has 0 amide bonds. The zero-order valence-electron chi connectivity index (χ0n) is 6.46. The highest BCUT2D eigenvalue weighted by atomic mass is 79.9. The molecule has 1 aromatic rings. The lowest BCUT2D eigenvalue weighted by Crippen LogP contribution is -2.02. The van der Waals surface area contributed by atoms with Crippen LogP contribution in [0.25, 0.3) is 0 Å². The first-order valence-electron chi connectivity index (χ1n) is 3.23. The van der Waals surface area contributed by atoms with Gasteiger partial charge in [0, 0.05) is 17.0 Å². The van der Waals surface area contributed by atoms with Gasteiger partial charge in [0.2, 0.25) is 0 Å². The van der Waals surface area contributed by atoms with Crippen LogP contribution >= 0.6 is 27.3 Å². The molecule has 0 bridgehead atoms. The van der Waals surface area contributed by atoms with Crippen LogP contribution in [0.15, 0.2) is 22.5 Å². The Hall–Kier alpha value is -0.610. The smallest absolute Gasteiger partial charge is 0.335 e. The number of hydrogen-bond acceptors (Lipinski definition) is 3. The van der Waals surface area contributed by atoms with Crippen molar-refractivity contribution < 1.29 is 9.53 Å². The normalized spacial score (nSPS) is 9.50. The largest absolute Gasteiger partial charge is 0.422 e. The second-order valence-corrected chi connectivity index (χ2v) is 4.73. The number of hydrogen-bond donors (Lipinski definition) is 0. The van der Waals surface area contributed by atoms with Crippen LogP contribution in [0.2, 0.25) is 0 Å². The predicted octanol–water partition coefficient (Wildman–Crippen LogP) is 2.91. The maximum absolute atomic E-state index is 10.8. The third kappa shape index (κ3) is 2.19. The maximum Gasteiger partial charge on any atom is 0.335 e. The molecule has 0 spiro atoms. The zero-order valence-corrected chi connectivity index (χ0v) is 8.87. The Bertz CT molecular complexity index is 317. The zero-order chi connectivity index (χ0) is 9.14. The molecule has 1 rings (SSSR count). The minimum Gasteiger partial charge on any atom is -0.422 e. The molecule has 64 valence electrons. The van der Waals surface area contributed by atoms with Crippen molar-refractivity contribution in [2.45, 2.75) is 6.92 Å². The lowest BCUT2D eigenvalue weighted by atomic mass is 10.4. The van der Waals surface area contributed by atoms with E-state index in [0.29, 0.717) is 5.75 Å². The summed E-state index contributed by atoms with van der Waals surface area (Å²) in [5.41, 5.74) is 0. The van der Waals surface area contributed by atoms with E-state index in [1.165, 1.54) is 11.3 Å². The van der Waals surface area contributed by atoms with Crippen LogP contribution < -0.4 is 4.74 Å². The molecule has 2 nitrogen and oxygen atoms in total. The summed E-state index contributed by atoms with van der Waals surface area (Å²) in [6, 6.07) is 1.77. The van der Waals surface area contributed by atoms with E-state index < -0.39 is 5.97 Å². The summed E-state index contributed by atoms with van der Waals surface area (Å²) in [5, 5.41) is 0. The van der Waals surface area contributed by atoms with Crippen molar-refractivity contribution in [3.8, 4) is 5.75 Å². The van der Waals surface area contributed by atoms with Gasteiger partial charge in [-0.3, -0.25) is 0 Å². The minimum atomic E-state index is -0.427. The Kier molecular flexibility index (Phi) is 3.05. The van der Waals surface area contributed by atoms with Gasteiger partial charge in [-0.2, -0.15) is 0 Å². The van der Waals surface area contributed by atoms with Crippen molar-refractivity contribution in [1.82, 2.24) is 0 Å². The summed E-state index contributed by atoms with van der Waals surface area (Å²) in [6.45, 7) is 5.20. The monoisotopic (exact) mass is 246 g/mol. The van der Waals surface area contributed by atoms with Gasteiger partial charge in [-0.05, 0) is 22.9 Å². The number of esters is 1. The molecule has 0 saturated carbocycles. The summed E-state index contributed by atoms with van der Waals surface area (Å²) < 4.78 is 5.89. The van der Waals surface area contributed by atoms with E-state index in [-0.39, 0.29) is 0 Å². The summed E-state index contributed by atoms with van der Waals surface area (Å²) in [5.74, 6) is 0.167. The first-order chi connectivity index (χ1) is 5.63. The summed E-state index contributed by atoms with van der Waals surface area (Å²) in [7, 11) is 0. The second kappa shape index (κ2) is 3.87. The Morgan fingerprint density at radius 2 is 2.50 bits per heavy atom. The van der Waals surface area contributed by atoms with Crippen LogP contribution in [0.5, 0.6) is 5.75 Å². The minimum absolute atomic E-state index is 0.427. The highest BCUT2D eigenvalue weighted by Crippen LogP contribution is 2.32. The van der Waals surface area contributed by atoms with Crippen molar-refractivity contribution in [3.63, 3.8) is 0 Å². The van der Waals surface area contributed by atoms with Gasteiger partial charge in [0.1, 0.15) is 5.75 Å². The number of aryl methyl sites for hydroxylation is 1. The van der Waals surface area contributed by atoms with E-state index in [4.69, 9.17) is 4.74 Å². The number of carbonyl (C=O) groups excluding carboxylic acids is 1. The highest BCUT2D eigenvalue weighted by molar-refractivity contribution is 9.11. The molecule has 0 radical (unpaired) electrons. The molecule has 0 saturated heterocycles. The molecule has 0 atom stereocenters. The van der Waals surface area contributed by atoms with Crippen molar-refractivity contribution in [3.05, 3.63) is 27.4 Å². The van der Waals surface area contributed by atoms with Crippen LogP contribution in [-0.4, -0.2) is 5.97 Å². The molecular weight excluding hydrogens is 240 g/mol. The molecule has 12 heavy (non-hydrogen) atoms. The Balaban J connectivity index is 2.81. The third-order valence-corrected chi connectivity index (χ3v) is 2.75. The van der Waals surface area contributed by atoms with Crippen molar-refractivity contribution in [2.75, 3.05) is 0 Å². The Morgan fingerprint density at radius 3 is 2.92 bits per heavy atom. The highest BCUT2D eigenvalue weighted by Gasteiger charge is 2.06. The topological polar surface area (TPSA) is 26.3 Å². The molecule has 0 N–H and O–H groups in total. The van der Waals surface area contributed by atoms with E-state index in [9.17, 15) is 4.79 Å². The van der Waals surface area contributed by atoms with Crippen molar-refractivity contribution in [2.24, 2.45) is 0 Å². The number of halogens is 1. The predicted molar refractivity (Wildman–Crippen MR) is 52.6 cm³/mol. The molecular formula is C8H7BrO2S. The van der Waals surface area contributed by atoms with Crippen molar-refractivity contribution in [1.29, 1.82) is 0 Å². The summed E-state index contributed by atoms with van der Waals surface area (Å²) in [6.07, 6.45) is 1.14. The van der Waals surface area contributed by atoms with Gasteiger partial charge in [0.25, 0.3) is 0 Å². The molecule has 0 aromatic carbocycles. The van der Waals surface area contributed by atoms with Crippen LogP contribution in [0.4, 0.5) is 0 Å². The van der Waals surface area contributed by atoms with Gasteiger partial charge in [-0.25, -0.2) is 4.79 Å².